The molecule has 3 nitrogen and oxygen atoms in total. The Balaban J connectivity index is 2.31. The molecule has 0 saturated heterocycles. The van der Waals surface area contributed by atoms with E-state index in [4.69, 9.17) is 0 Å². The lowest BCUT2D eigenvalue weighted by atomic mass is 10.1. The number of aryl methyl sites for hydroxylation is 1. The number of anilines is 1. The number of carbonyl (C=O) groups is 1. The van der Waals surface area contributed by atoms with Gasteiger partial charge in [-0.3, -0.25) is 4.79 Å². The molecular formula is C18H19F3N2OS. The van der Waals surface area contributed by atoms with Crippen LogP contribution in [0.4, 0.5) is 18.9 Å². The summed E-state index contributed by atoms with van der Waals surface area (Å²) in [7, 11) is 0. The fraction of sp³-hybridized carbons (Fsp3) is 0.333. The number of alkyl halides is 3. The minimum absolute atomic E-state index is 0.0752. The number of hydrogen-bond acceptors (Lipinski definition) is 3. The van der Waals surface area contributed by atoms with Crippen molar-refractivity contribution < 1.29 is 18.0 Å². The molecule has 1 aromatic heterocycles. The van der Waals surface area contributed by atoms with Gasteiger partial charge in [0.15, 0.2) is 0 Å². The third-order valence-corrected chi connectivity index (χ3v) is 4.84. The summed E-state index contributed by atoms with van der Waals surface area (Å²) in [6.07, 6.45) is -3.71. The molecule has 7 heteroatoms. The zero-order valence-electron chi connectivity index (χ0n) is 14.1. The molecule has 0 aliphatic rings. The smallest absolute Gasteiger partial charge is 0.320 e. The Hall–Kier alpha value is -2.02. The van der Waals surface area contributed by atoms with Crippen LogP contribution < -0.4 is 5.32 Å². The van der Waals surface area contributed by atoms with Crippen LogP contribution in [0.15, 0.2) is 41.3 Å². The summed E-state index contributed by atoms with van der Waals surface area (Å²) in [6.45, 7) is 5.64. The van der Waals surface area contributed by atoms with Gasteiger partial charge in [-0.15, -0.1) is 11.8 Å². The average Bonchev–Trinajstić information content (AvgIpc) is 2.55. The van der Waals surface area contributed by atoms with Gasteiger partial charge in [0.1, 0.15) is 5.69 Å². The largest absolute Gasteiger partial charge is 0.418 e. The molecule has 134 valence electrons. The fourth-order valence-corrected chi connectivity index (χ4v) is 3.08. The number of thioether (sulfide) groups is 1. The third-order valence-electron chi connectivity index (χ3n) is 3.58. The van der Waals surface area contributed by atoms with Crippen LogP contribution >= 0.6 is 11.8 Å². The first-order valence-corrected chi connectivity index (χ1v) is 8.71. The summed E-state index contributed by atoms with van der Waals surface area (Å²) in [5, 5.41) is 2.53. The summed E-state index contributed by atoms with van der Waals surface area (Å²) >= 11 is 1.37. The van der Waals surface area contributed by atoms with Crippen molar-refractivity contribution in [3.8, 4) is 0 Å². The molecule has 0 aliphatic heterocycles. The monoisotopic (exact) mass is 368 g/mol. The number of hydrogen-bond donors (Lipinski definition) is 1. The van der Waals surface area contributed by atoms with Crippen molar-refractivity contribution in [2.45, 2.75) is 43.5 Å². The van der Waals surface area contributed by atoms with Crippen LogP contribution in [-0.2, 0) is 6.18 Å². The van der Waals surface area contributed by atoms with E-state index in [0.717, 1.165) is 12.5 Å². The number of aromatic nitrogens is 1. The zero-order chi connectivity index (χ0) is 18.6. The highest BCUT2D eigenvalue weighted by Crippen LogP contribution is 2.38. The van der Waals surface area contributed by atoms with Crippen molar-refractivity contribution >= 4 is 23.4 Å². The number of halogens is 3. The molecule has 25 heavy (non-hydrogen) atoms. The van der Waals surface area contributed by atoms with E-state index in [9.17, 15) is 18.0 Å². The highest BCUT2D eigenvalue weighted by Gasteiger charge is 2.34. The van der Waals surface area contributed by atoms with Crippen molar-refractivity contribution in [3.63, 3.8) is 0 Å². The molecule has 1 atom stereocenters. The van der Waals surface area contributed by atoms with E-state index in [1.807, 2.05) is 13.8 Å². The first-order chi connectivity index (χ1) is 11.7. The van der Waals surface area contributed by atoms with E-state index in [0.29, 0.717) is 10.6 Å². The molecule has 1 N–H and O–H groups in total. The summed E-state index contributed by atoms with van der Waals surface area (Å²) < 4.78 is 40.2. The van der Waals surface area contributed by atoms with Crippen molar-refractivity contribution in [2.24, 2.45) is 0 Å². The Kier molecular flexibility index (Phi) is 6.11. The van der Waals surface area contributed by atoms with Gasteiger partial charge in [0, 0.05) is 15.8 Å². The minimum Gasteiger partial charge on any atom is -0.320 e. The van der Waals surface area contributed by atoms with Gasteiger partial charge >= 0.3 is 6.18 Å². The molecule has 0 radical (unpaired) electrons. The lowest BCUT2D eigenvalue weighted by molar-refractivity contribution is -0.137. The zero-order valence-corrected chi connectivity index (χ0v) is 15.0. The summed E-state index contributed by atoms with van der Waals surface area (Å²) in [5.74, 6) is -0.670. The van der Waals surface area contributed by atoms with Crippen LogP contribution in [0.2, 0.25) is 0 Å². The second-order valence-electron chi connectivity index (χ2n) is 5.66. The maximum atomic E-state index is 13.4. The number of nitrogens with zero attached hydrogens (tertiary/aromatic N) is 1. The van der Waals surface area contributed by atoms with Gasteiger partial charge in [-0.05, 0) is 43.7 Å². The van der Waals surface area contributed by atoms with Gasteiger partial charge in [0.25, 0.3) is 5.91 Å². The summed E-state index contributed by atoms with van der Waals surface area (Å²) in [5.41, 5.74) is -0.439. The molecule has 0 fully saturated rings. The van der Waals surface area contributed by atoms with Gasteiger partial charge in [-0.25, -0.2) is 4.98 Å². The Bertz CT molecular complexity index is 762. The Morgan fingerprint density at radius 3 is 2.60 bits per heavy atom. The van der Waals surface area contributed by atoms with E-state index in [1.54, 1.807) is 25.1 Å². The highest BCUT2D eigenvalue weighted by atomic mass is 32.2. The number of rotatable bonds is 5. The molecule has 1 aromatic carbocycles. The third kappa shape index (κ3) is 5.22. The predicted octanol–water partition coefficient (Wildman–Crippen LogP) is 5.55. The summed E-state index contributed by atoms with van der Waals surface area (Å²) in [6, 6.07) is 8.76. The number of carbonyl (C=O) groups excluding carboxylic acids is 1. The van der Waals surface area contributed by atoms with Crippen LogP contribution in [0, 0.1) is 6.92 Å². The Morgan fingerprint density at radius 2 is 2.00 bits per heavy atom. The normalized spacial score (nSPS) is 12.7. The molecule has 2 rings (SSSR count). The molecule has 0 bridgehead atoms. The number of benzene rings is 1. The average molecular weight is 368 g/mol. The Labute approximate surface area is 149 Å². The van der Waals surface area contributed by atoms with Crippen LogP contribution in [0.1, 0.15) is 42.0 Å². The quantitative estimate of drug-likeness (QED) is 0.704. The van der Waals surface area contributed by atoms with Gasteiger partial charge in [-0.1, -0.05) is 19.9 Å². The van der Waals surface area contributed by atoms with E-state index in [-0.39, 0.29) is 16.6 Å². The predicted molar refractivity (Wildman–Crippen MR) is 94.0 cm³/mol. The molecule has 2 aromatic rings. The van der Waals surface area contributed by atoms with Gasteiger partial charge in [0.2, 0.25) is 0 Å². The van der Waals surface area contributed by atoms with E-state index >= 15 is 0 Å². The second-order valence-corrected chi connectivity index (χ2v) is 7.17. The maximum Gasteiger partial charge on any atom is 0.418 e. The van der Waals surface area contributed by atoms with Crippen LogP contribution in [0.5, 0.6) is 0 Å². The first-order valence-electron chi connectivity index (χ1n) is 7.83. The van der Waals surface area contributed by atoms with E-state index in [2.05, 4.69) is 10.3 Å². The minimum atomic E-state index is -4.56. The van der Waals surface area contributed by atoms with Crippen molar-refractivity contribution in [2.75, 3.05) is 5.32 Å². The first kappa shape index (κ1) is 19.3. The van der Waals surface area contributed by atoms with E-state index < -0.39 is 17.6 Å². The molecule has 1 unspecified atom stereocenters. The number of pyridine rings is 1. The molecule has 0 saturated carbocycles. The lowest BCUT2D eigenvalue weighted by Crippen LogP contribution is -2.18. The van der Waals surface area contributed by atoms with Gasteiger partial charge in [-0.2, -0.15) is 13.2 Å². The summed E-state index contributed by atoms with van der Waals surface area (Å²) in [4.78, 5) is 16.8. The number of nitrogens with one attached hydrogen (secondary N) is 1. The van der Waals surface area contributed by atoms with Crippen LogP contribution in [0.25, 0.3) is 0 Å². The topological polar surface area (TPSA) is 42.0 Å². The van der Waals surface area contributed by atoms with Gasteiger partial charge < -0.3 is 5.32 Å². The van der Waals surface area contributed by atoms with E-state index in [1.165, 1.54) is 23.9 Å². The molecular weight excluding hydrogens is 349 g/mol. The van der Waals surface area contributed by atoms with Crippen molar-refractivity contribution in [1.82, 2.24) is 4.98 Å². The van der Waals surface area contributed by atoms with Crippen molar-refractivity contribution in [3.05, 3.63) is 53.3 Å². The molecule has 0 aliphatic carbocycles. The molecule has 1 heterocycles. The van der Waals surface area contributed by atoms with Crippen molar-refractivity contribution in [1.29, 1.82) is 0 Å². The standard InChI is InChI=1S/C18H19F3N2OS/c1-4-12(3)25-13-8-9-15(14(10-13)18(19,20)21)23-17(24)16-7-5-6-11(2)22-16/h5-10,12H,4H2,1-3H3,(H,23,24). The second kappa shape index (κ2) is 7.91. The fourth-order valence-electron chi connectivity index (χ4n) is 2.11. The molecule has 1 amide bonds. The van der Waals surface area contributed by atoms with Crippen LogP contribution in [-0.4, -0.2) is 16.1 Å². The van der Waals surface area contributed by atoms with Crippen LogP contribution in [0.3, 0.4) is 0 Å². The maximum absolute atomic E-state index is 13.4. The van der Waals surface area contributed by atoms with Gasteiger partial charge in [0.05, 0.1) is 11.3 Å². The highest BCUT2D eigenvalue weighted by molar-refractivity contribution is 7.99. The lowest BCUT2D eigenvalue weighted by Gasteiger charge is -2.16. The molecule has 0 spiro atoms. The Morgan fingerprint density at radius 1 is 1.28 bits per heavy atom. The number of amides is 1. The SMILES string of the molecule is CCC(C)Sc1ccc(NC(=O)c2cccc(C)n2)c(C(F)(F)F)c1.